The summed E-state index contributed by atoms with van der Waals surface area (Å²) in [5.74, 6) is 0.469. The summed E-state index contributed by atoms with van der Waals surface area (Å²) in [6.07, 6.45) is 1.79. The van der Waals surface area contributed by atoms with Crippen molar-refractivity contribution in [1.29, 1.82) is 0 Å². The van der Waals surface area contributed by atoms with E-state index in [4.69, 9.17) is 9.47 Å². The Morgan fingerprint density at radius 2 is 2.00 bits per heavy atom. The summed E-state index contributed by atoms with van der Waals surface area (Å²) in [6, 6.07) is 12.0. The van der Waals surface area contributed by atoms with Crippen LogP contribution in [0, 0.1) is 0 Å². The number of hydrogen-bond acceptors (Lipinski definition) is 7. The van der Waals surface area contributed by atoms with Crippen molar-refractivity contribution in [2.75, 3.05) is 36.5 Å². The number of anilines is 2. The van der Waals surface area contributed by atoms with Gasteiger partial charge in [0.15, 0.2) is 10.9 Å². The molecule has 0 saturated carbocycles. The molecule has 0 aliphatic carbocycles. The molecule has 2 amide bonds. The molecule has 0 atom stereocenters. The number of hydrogen-bond donors (Lipinski definition) is 2. The molecule has 1 saturated heterocycles. The van der Waals surface area contributed by atoms with Gasteiger partial charge in [-0.1, -0.05) is 12.1 Å². The van der Waals surface area contributed by atoms with Crippen LogP contribution in [0.4, 0.5) is 10.8 Å². The summed E-state index contributed by atoms with van der Waals surface area (Å²) in [7, 11) is 0. The van der Waals surface area contributed by atoms with E-state index >= 15 is 0 Å². The summed E-state index contributed by atoms with van der Waals surface area (Å²) in [6.45, 7) is 3.44. The van der Waals surface area contributed by atoms with Crippen LogP contribution in [0.1, 0.15) is 25.6 Å². The zero-order valence-corrected chi connectivity index (χ0v) is 17.4. The van der Waals surface area contributed by atoms with E-state index in [1.165, 1.54) is 0 Å². The zero-order valence-electron chi connectivity index (χ0n) is 16.6. The number of para-hydroxylation sites is 1. The Balaban J connectivity index is 1.26. The minimum atomic E-state index is -0.271. The Morgan fingerprint density at radius 1 is 1.16 bits per heavy atom. The number of carbonyl (C=O) groups is 2. The number of thiazole rings is 1. The first-order valence-corrected chi connectivity index (χ1v) is 10.8. The lowest BCUT2D eigenvalue weighted by Gasteiger charge is -2.25. The van der Waals surface area contributed by atoms with Gasteiger partial charge < -0.3 is 25.0 Å². The predicted molar refractivity (Wildman–Crippen MR) is 117 cm³/mol. The lowest BCUT2D eigenvalue weighted by atomic mass is 10.1. The van der Waals surface area contributed by atoms with Gasteiger partial charge in [-0.3, -0.25) is 9.59 Å². The molecule has 0 radical (unpaired) electrons. The van der Waals surface area contributed by atoms with Crippen LogP contribution in [-0.2, 0) is 11.3 Å². The van der Waals surface area contributed by atoms with Gasteiger partial charge in [-0.05, 0) is 30.3 Å². The summed E-state index contributed by atoms with van der Waals surface area (Å²) >= 11 is 1.56. The van der Waals surface area contributed by atoms with Crippen LogP contribution >= 0.6 is 11.3 Å². The largest absolute Gasteiger partial charge is 0.454 e. The van der Waals surface area contributed by atoms with Crippen molar-refractivity contribution in [3.05, 3.63) is 64.7 Å². The van der Waals surface area contributed by atoms with Crippen molar-refractivity contribution in [2.24, 2.45) is 0 Å². The van der Waals surface area contributed by atoms with Crippen molar-refractivity contribution < 1.29 is 19.1 Å². The monoisotopic (exact) mass is 436 g/mol. The molecule has 1 fully saturated rings. The minimum absolute atomic E-state index is 0.236. The molecular formula is C22H20N4O4S. The van der Waals surface area contributed by atoms with Gasteiger partial charge in [-0.15, -0.1) is 11.3 Å². The molecule has 2 aromatic carbocycles. The van der Waals surface area contributed by atoms with Gasteiger partial charge >= 0.3 is 0 Å². The maximum absolute atomic E-state index is 12.7. The topological polar surface area (TPSA) is 92.8 Å². The van der Waals surface area contributed by atoms with Crippen LogP contribution in [0.25, 0.3) is 0 Å². The third kappa shape index (κ3) is 4.10. The molecular weight excluding hydrogens is 416 g/mol. The Bertz CT molecular complexity index is 1140. The van der Waals surface area contributed by atoms with E-state index in [1.807, 2.05) is 6.07 Å². The lowest BCUT2D eigenvalue weighted by molar-refractivity contribution is 0.0950. The number of amides is 2. The van der Waals surface area contributed by atoms with E-state index in [-0.39, 0.29) is 11.8 Å². The summed E-state index contributed by atoms with van der Waals surface area (Å²) in [5, 5.41) is 6.68. The van der Waals surface area contributed by atoms with E-state index < -0.39 is 0 Å². The Kier molecular flexibility index (Phi) is 5.27. The normalized spacial score (nSPS) is 15.2. The molecule has 3 aromatic rings. The van der Waals surface area contributed by atoms with Crippen LogP contribution in [0.15, 0.2) is 48.7 Å². The van der Waals surface area contributed by atoms with E-state index in [0.717, 1.165) is 23.1 Å². The molecule has 2 aliphatic heterocycles. The first kappa shape index (κ1) is 19.5. The Hall–Kier alpha value is -3.43. The quantitative estimate of drug-likeness (QED) is 0.652. The van der Waals surface area contributed by atoms with Gasteiger partial charge in [0.05, 0.1) is 31.0 Å². The minimum Gasteiger partial charge on any atom is -0.454 e. The second-order valence-electron chi connectivity index (χ2n) is 7.15. The fourth-order valence-corrected chi connectivity index (χ4v) is 4.36. The molecule has 158 valence electrons. The molecule has 9 heteroatoms. The molecule has 2 N–H and O–H groups in total. The van der Waals surface area contributed by atoms with Crippen LogP contribution in [0.5, 0.6) is 11.5 Å². The van der Waals surface area contributed by atoms with Crippen LogP contribution in [-0.4, -0.2) is 43.1 Å². The number of ether oxygens (including phenoxy) is 2. The average molecular weight is 436 g/mol. The molecule has 0 bridgehead atoms. The van der Waals surface area contributed by atoms with Crippen molar-refractivity contribution in [3.63, 3.8) is 0 Å². The van der Waals surface area contributed by atoms with E-state index in [9.17, 15) is 9.59 Å². The molecule has 0 spiro atoms. The Labute approximate surface area is 182 Å². The van der Waals surface area contributed by atoms with Crippen molar-refractivity contribution in [2.45, 2.75) is 6.54 Å². The highest BCUT2D eigenvalue weighted by Gasteiger charge is 2.21. The molecule has 3 heterocycles. The number of nitrogens with zero attached hydrogens (tertiary/aromatic N) is 2. The second-order valence-corrected chi connectivity index (χ2v) is 8.25. The van der Waals surface area contributed by atoms with E-state index in [2.05, 4.69) is 20.5 Å². The van der Waals surface area contributed by atoms with Gasteiger partial charge in [-0.25, -0.2) is 4.98 Å². The zero-order chi connectivity index (χ0) is 21.2. The number of nitrogens with one attached hydrogen (secondary N) is 2. The van der Waals surface area contributed by atoms with Gasteiger partial charge in [0.1, 0.15) is 5.75 Å². The van der Waals surface area contributed by atoms with Crippen molar-refractivity contribution in [1.82, 2.24) is 10.3 Å². The number of benzene rings is 2. The van der Waals surface area contributed by atoms with E-state index in [1.54, 1.807) is 53.9 Å². The molecule has 5 rings (SSSR count). The summed E-state index contributed by atoms with van der Waals surface area (Å²) < 4.78 is 11.2. The fourth-order valence-electron chi connectivity index (χ4n) is 3.46. The van der Waals surface area contributed by atoms with E-state index in [0.29, 0.717) is 48.1 Å². The predicted octanol–water partition coefficient (Wildman–Crippen LogP) is 3.27. The number of carbonyl (C=O) groups excluding carboxylic acids is 2. The van der Waals surface area contributed by atoms with Gasteiger partial charge in [0, 0.05) is 29.7 Å². The lowest BCUT2D eigenvalue weighted by Crippen LogP contribution is -2.36. The maximum Gasteiger partial charge on any atom is 0.259 e. The van der Waals surface area contributed by atoms with Crippen LogP contribution < -0.4 is 20.3 Å². The highest BCUT2D eigenvalue weighted by molar-refractivity contribution is 7.15. The third-order valence-corrected chi connectivity index (χ3v) is 6.15. The summed E-state index contributed by atoms with van der Waals surface area (Å²) in [4.78, 5) is 32.8. The van der Waals surface area contributed by atoms with Crippen molar-refractivity contribution in [3.8, 4) is 11.5 Å². The molecule has 0 unspecified atom stereocenters. The third-order valence-electron chi connectivity index (χ3n) is 5.09. The van der Waals surface area contributed by atoms with Crippen LogP contribution in [0.2, 0.25) is 0 Å². The molecule has 2 aliphatic rings. The van der Waals surface area contributed by atoms with Gasteiger partial charge in [0.2, 0.25) is 0 Å². The molecule has 31 heavy (non-hydrogen) atoms. The number of morpholine rings is 1. The molecule has 1 aromatic heterocycles. The highest BCUT2D eigenvalue weighted by Crippen LogP contribution is 2.36. The summed E-state index contributed by atoms with van der Waals surface area (Å²) in [5.41, 5.74) is 1.35. The standard InChI is InChI=1S/C22H20N4O4S/c27-20(23-12-15-13-24-22(31-15)26-7-9-29-10-8-26)14-5-6-19-17(11-14)25-21(28)16-3-1-2-4-18(16)30-19/h1-6,11,13H,7-10,12H2,(H,23,27)(H,25,28). The smallest absolute Gasteiger partial charge is 0.259 e. The first-order valence-electron chi connectivity index (χ1n) is 9.95. The number of fused-ring (bicyclic) bond motifs is 2. The number of rotatable bonds is 4. The maximum atomic E-state index is 12.7. The fraction of sp³-hybridized carbons (Fsp3) is 0.227. The highest BCUT2D eigenvalue weighted by atomic mass is 32.1. The van der Waals surface area contributed by atoms with Gasteiger partial charge in [-0.2, -0.15) is 0 Å². The molecule has 8 nitrogen and oxygen atoms in total. The van der Waals surface area contributed by atoms with Crippen molar-refractivity contribution >= 4 is 34.0 Å². The SMILES string of the molecule is O=C(NCc1cnc(N2CCOCC2)s1)c1ccc2c(c1)NC(=O)c1ccccc1O2. The Morgan fingerprint density at radius 3 is 2.87 bits per heavy atom. The average Bonchev–Trinajstić information content (AvgIpc) is 3.23. The van der Waals surface area contributed by atoms with Crippen LogP contribution in [0.3, 0.4) is 0 Å². The van der Waals surface area contributed by atoms with Gasteiger partial charge in [0.25, 0.3) is 11.8 Å². The number of aromatic nitrogens is 1. The first-order chi connectivity index (χ1) is 15.2. The second kappa shape index (κ2) is 8.37.